The van der Waals surface area contributed by atoms with Crippen LogP contribution in [0.3, 0.4) is 0 Å². The standard InChI is InChI=1S/C23H23BrFNO2/c1-16-5-3-4-6-18(16)15-28-23-12-21(24)19(11-22(23)27-2)14-26-13-17-7-9-20(25)10-8-17/h3-12,26H,13-15H2,1-2H3. The molecule has 5 heteroatoms. The number of ether oxygens (including phenoxy) is 2. The summed E-state index contributed by atoms with van der Waals surface area (Å²) in [6, 6.07) is 18.6. The van der Waals surface area contributed by atoms with Gasteiger partial charge >= 0.3 is 0 Å². The van der Waals surface area contributed by atoms with E-state index in [-0.39, 0.29) is 5.82 Å². The number of hydrogen-bond donors (Lipinski definition) is 1. The van der Waals surface area contributed by atoms with Crippen molar-refractivity contribution in [2.75, 3.05) is 7.11 Å². The van der Waals surface area contributed by atoms with E-state index >= 15 is 0 Å². The summed E-state index contributed by atoms with van der Waals surface area (Å²) < 4.78 is 25.5. The highest BCUT2D eigenvalue weighted by Gasteiger charge is 2.11. The predicted molar refractivity (Wildman–Crippen MR) is 113 cm³/mol. The third kappa shape index (κ3) is 5.33. The fourth-order valence-electron chi connectivity index (χ4n) is 2.86. The van der Waals surface area contributed by atoms with E-state index in [4.69, 9.17) is 9.47 Å². The Morgan fingerprint density at radius 2 is 1.68 bits per heavy atom. The van der Waals surface area contributed by atoms with Gasteiger partial charge < -0.3 is 14.8 Å². The van der Waals surface area contributed by atoms with Gasteiger partial charge in [-0.1, -0.05) is 52.3 Å². The molecule has 3 aromatic carbocycles. The van der Waals surface area contributed by atoms with Crippen LogP contribution in [0.15, 0.2) is 65.1 Å². The Balaban J connectivity index is 1.65. The Morgan fingerprint density at radius 1 is 0.929 bits per heavy atom. The smallest absolute Gasteiger partial charge is 0.162 e. The van der Waals surface area contributed by atoms with Crippen LogP contribution in [0.2, 0.25) is 0 Å². The molecule has 0 aromatic heterocycles. The summed E-state index contributed by atoms with van der Waals surface area (Å²) in [6.07, 6.45) is 0. The lowest BCUT2D eigenvalue weighted by molar-refractivity contribution is 0.283. The van der Waals surface area contributed by atoms with E-state index in [1.165, 1.54) is 17.7 Å². The number of halogens is 2. The van der Waals surface area contributed by atoms with Gasteiger partial charge in [0.1, 0.15) is 12.4 Å². The van der Waals surface area contributed by atoms with Crippen LogP contribution >= 0.6 is 15.9 Å². The van der Waals surface area contributed by atoms with E-state index in [1.54, 1.807) is 19.2 Å². The molecule has 0 radical (unpaired) electrons. The van der Waals surface area contributed by atoms with Gasteiger partial charge in [-0.3, -0.25) is 0 Å². The molecule has 0 heterocycles. The van der Waals surface area contributed by atoms with Crippen LogP contribution < -0.4 is 14.8 Å². The molecule has 0 aliphatic heterocycles. The highest BCUT2D eigenvalue weighted by atomic mass is 79.9. The van der Waals surface area contributed by atoms with Crippen molar-refractivity contribution in [1.82, 2.24) is 5.32 Å². The normalized spacial score (nSPS) is 10.7. The van der Waals surface area contributed by atoms with Gasteiger partial charge in [-0.25, -0.2) is 4.39 Å². The van der Waals surface area contributed by atoms with Crippen LogP contribution in [0.25, 0.3) is 0 Å². The van der Waals surface area contributed by atoms with Crippen LogP contribution in [0, 0.1) is 12.7 Å². The molecule has 0 atom stereocenters. The third-order valence-corrected chi connectivity index (χ3v) is 5.27. The first-order chi connectivity index (χ1) is 13.6. The summed E-state index contributed by atoms with van der Waals surface area (Å²) in [5.41, 5.74) is 4.43. The zero-order valence-corrected chi connectivity index (χ0v) is 17.6. The van der Waals surface area contributed by atoms with Gasteiger partial charge in [0.15, 0.2) is 11.5 Å². The van der Waals surface area contributed by atoms with Crippen molar-refractivity contribution < 1.29 is 13.9 Å². The topological polar surface area (TPSA) is 30.5 Å². The van der Waals surface area contributed by atoms with E-state index in [1.807, 2.05) is 24.3 Å². The third-order valence-electron chi connectivity index (χ3n) is 4.53. The monoisotopic (exact) mass is 443 g/mol. The lowest BCUT2D eigenvalue weighted by atomic mass is 10.1. The number of rotatable bonds is 8. The Labute approximate surface area is 173 Å². The molecule has 0 aliphatic carbocycles. The number of benzene rings is 3. The van der Waals surface area contributed by atoms with Crippen LogP contribution in [-0.4, -0.2) is 7.11 Å². The minimum Gasteiger partial charge on any atom is -0.493 e. The van der Waals surface area contributed by atoms with Crippen molar-refractivity contribution in [2.45, 2.75) is 26.6 Å². The summed E-state index contributed by atoms with van der Waals surface area (Å²) in [6.45, 7) is 3.85. The number of hydrogen-bond acceptors (Lipinski definition) is 3. The molecule has 0 spiro atoms. The minimum atomic E-state index is -0.225. The van der Waals surface area contributed by atoms with E-state index in [0.717, 1.165) is 21.2 Å². The molecule has 0 bridgehead atoms. The molecule has 0 unspecified atom stereocenters. The van der Waals surface area contributed by atoms with E-state index < -0.39 is 0 Å². The SMILES string of the molecule is COc1cc(CNCc2ccc(F)cc2)c(Br)cc1OCc1ccccc1C. The van der Waals surface area contributed by atoms with Crippen molar-refractivity contribution in [3.8, 4) is 11.5 Å². The highest BCUT2D eigenvalue weighted by molar-refractivity contribution is 9.10. The maximum absolute atomic E-state index is 13.0. The predicted octanol–water partition coefficient (Wildman–Crippen LogP) is 5.77. The molecular formula is C23H23BrFNO2. The van der Waals surface area contributed by atoms with Crippen LogP contribution in [0.4, 0.5) is 4.39 Å². The molecule has 3 nitrogen and oxygen atoms in total. The van der Waals surface area contributed by atoms with Crippen molar-refractivity contribution in [1.29, 1.82) is 0 Å². The molecule has 1 N–H and O–H groups in total. The zero-order valence-electron chi connectivity index (χ0n) is 16.0. The van der Waals surface area contributed by atoms with Crippen molar-refractivity contribution in [3.05, 3.63) is 93.2 Å². The van der Waals surface area contributed by atoms with Crippen molar-refractivity contribution in [3.63, 3.8) is 0 Å². The second-order valence-electron chi connectivity index (χ2n) is 6.54. The summed E-state index contributed by atoms with van der Waals surface area (Å²) in [4.78, 5) is 0. The number of methoxy groups -OCH3 is 1. The van der Waals surface area contributed by atoms with Gasteiger partial charge in [0, 0.05) is 17.6 Å². The van der Waals surface area contributed by atoms with Gasteiger partial charge in [-0.05, 0) is 53.4 Å². The van der Waals surface area contributed by atoms with Crippen LogP contribution in [0.5, 0.6) is 11.5 Å². The first-order valence-electron chi connectivity index (χ1n) is 9.05. The average molecular weight is 444 g/mol. The fourth-order valence-corrected chi connectivity index (χ4v) is 3.32. The van der Waals surface area contributed by atoms with Gasteiger partial charge in [0.25, 0.3) is 0 Å². The van der Waals surface area contributed by atoms with Crippen LogP contribution in [-0.2, 0) is 19.7 Å². The largest absolute Gasteiger partial charge is 0.493 e. The molecule has 3 aromatic rings. The highest BCUT2D eigenvalue weighted by Crippen LogP contribution is 2.34. The summed E-state index contributed by atoms with van der Waals surface area (Å²) in [7, 11) is 1.64. The molecule has 3 rings (SSSR count). The lowest BCUT2D eigenvalue weighted by Gasteiger charge is -2.15. The van der Waals surface area contributed by atoms with Gasteiger partial charge in [0.05, 0.1) is 7.11 Å². The first kappa shape index (κ1) is 20.4. The fraction of sp³-hybridized carbons (Fsp3) is 0.217. The Bertz CT molecular complexity index is 928. The first-order valence-corrected chi connectivity index (χ1v) is 9.85. The Morgan fingerprint density at radius 3 is 2.39 bits per heavy atom. The Hall–Kier alpha value is -2.37. The van der Waals surface area contributed by atoms with Gasteiger partial charge in [0.2, 0.25) is 0 Å². The maximum atomic E-state index is 13.0. The quantitative estimate of drug-likeness (QED) is 0.478. The van der Waals surface area contributed by atoms with Gasteiger partial charge in [-0.15, -0.1) is 0 Å². The molecule has 146 valence electrons. The summed E-state index contributed by atoms with van der Waals surface area (Å²) in [5.74, 6) is 1.16. The minimum absolute atomic E-state index is 0.225. The molecule has 0 amide bonds. The molecule has 0 aliphatic rings. The maximum Gasteiger partial charge on any atom is 0.162 e. The van der Waals surface area contributed by atoms with E-state index in [2.05, 4.69) is 40.3 Å². The van der Waals surface area contributed by atoms with E-state index in [0.29, 0.717) is 31.2 Å². The van der Waals surface area contributed by atoms with Gasteiger partial charge in [-0.2, -0.15) is 0 Å². The summed E-state index contributed by atoms with van der Waals surface area (Å²) >= 11 is 3.62. The molecule has 28 heavy (non-hydrogen) atoms. The molecular weight excluding hydrogens is 421 g/mol. The number of aryl methyl sites for hydroxylation is 1. The average Bonchev–Trinajstić information content (AvgIpc) is 2.70. The molecule has 0 fully saturated rings. The second-order valence-corrected chi connectivity index (χ2v) is 7.39. The van der Waals surface area contributed by atoms with Crippen molar-refractivity contribution >= 4 is 15.9 Å². The number of nitrogens with one attached hydrogen (secondary N) is 1. The Kier molecular flexibility index (Phi) is 7.06. The zero-order chi connectivity index (χ0) is 19.9. The van der Waals surface area contributed by atoms with E-state index in [9.17, 15) is 4.39 Å². The molecule has 0 saturated carbocycles. The summed E-state index contributed by atoms with van der Waals surface area (Å²) in [5, 5.41) is 3.37. The second kappa shape index (κ2) is 9.71. The molecule has 0 saturated heterocycles. The van der Waals surface area contributed by atoms with Crippen molar-refractivity contribution in [2.24, 2.45) is 0 Å². The lowest BCUT2D eigenvalue weighted by Crippen LogP contribution is -2.13. The van der Waals surface area contributed by atoms with Crippen LogP contribution in [0.1, 0.15) is 22.3 Å².